The summed E-state index contributed by atoms with van der Waals surface area (Å²) in [6, 6.07) is 6.33. The van der Waals surface area contributed by atoms with Gasteiger partial charge < -0.3 is 0 Å². The Morgan fingerprint density at radius 2 is 2.19 bits per heavy atom. The van der Waals surface area contributed by atoms with Gasteiger partial charge in [-0.05, 0) is 6.07 Å². The van der Waals surface area contributed by atoms with Gasteiger partial charge in [0.15, 0.2) is 11.5 Å². The minimum atomic E-state index is -0.458. The fraction of sp³-hybridized carbons (Fsp3) is 0. The molecule has 2 aromatic heterocycles. The number of nitrogens with zero attached hydrogens (tertiary/aromatic N) is 5. The van der Waals surface area contributed by atoms with Crippen LogP contribution in [-0.4, -0.2) is 31.3 Å². The molecule has 0 radical (unpaired) electrons. The van der Waals surface area contributed by atoms with E-state index in [1.54, 1.807) is 24.4 Å². The SMILES string of the molecule is O=[N+]([O-])c1ccccc1/C=N/Nc1ncnc2[nH]ncc12. The molecular formula is C12H9N7O2. The number of aromatic nitrogens is 4. The molecule has 0 bridgehead atoms. The molecule has 104 valence electrons. The highest BCUT2D eigenvalue weighted by molar-refractivity contribution is 5.88. The largest absolute Gasteiger partial charge is 0.278 e. The number of nitrogens with one attached hydrogen (secondary N) is 2. The molecule has 2 N–H and O–H groups in total. The zero-order valence-corrected chi connectivity index (χ0v) is 10.6. The summed E-state index contributed by atoms with van der Waals surface area (Å²) in [6.45, 7) is 0. The molecule has 0 aliphatic carbocycles. The number of hydrazone groups is 1. The second-order valence-corrected chi connectivity index (χ2v) is 4.04. The molecule has 0 fully saturated rings. The van der Waals surface area contributed by atoms with E-state index in [1.807, 2.05) is 0 Å². The van der Waals surface area contributed by atoms with Crippen molar-refractivity contribution >= 4 is 28.8 Å². The number of aromatic amines is 1. The zero-order chi connectivity index (χ0) is 14.7. The summed E-state index contributed by atoms with van der Waals surface area (Å²) in [7, 11) is 0. The minimum absolute atomic E-state index is 0.0146. The quantitative estimate of drug-likeness (QED) is 0.427. The van der Waals surface area contributed by atoms with Crippen LogP contribution in [0.4, 0.5) is 11.5 Å². The van der Waals surface area contributed by atoms with Crippen LogP contribution >= 0.6 is 0 Å². The molecule has 0 saturated heterocycles. The van der Waals surface area contributed by atoms with Gasteiger partial charge in [0.25, 0.3) is 5.69 Å². The average molecular weight is 283 g/mol. The van der Waals surface area contributed by atoms with Crippen molar-refractivity contribution in [1.82, 2.24) is 20.2 Å². The second-order valence-electron chi connectivity index (χ2n) is 4.04. The summed E-state index contributed by atoms with van der Waals surface area (Å²) in [5.41, 5.74) is 3.68. The molecule has 2 heterocycles. The molecule has 0 unspecified atom stereocenters. The lowest BCUT2D eigenvalue weighted by atomic mass is 10.2. The first kappa shape index (κ1) is 12.7. The van der Waals surface area contributed by atoms with Crippen LogP contribution in [0.25, 0.3) is 11.0 Å². The minimum Gasteiger partial charge on any atom is -0.261 e. The fourth-order valence-electron chi connectivity index (χ4n) is 1.78. The number of para-hydroxylation sites is 1. The van der Waals surface area contributed by atoms with Crippen LogP contribution in [0.15, 0.2) is 41.9 Å². The number of anilines is 1. The Morgan fingerprint density at radius 3 is 3.05 bits per heavy atom. The fourth-order valence-corrected chi connectivity index (χ4v) is 1.78. The summed E-state index contributed by atoms with van der Waals surface area (Å²) in [6.07, 6.45) is 4.30. The van der Waals surface area contributed by atoms with Crippen LogP contribution in [0.1, 0.15) is 5.56 Å². The third-order valence-electron chi connectivity index (χ3n) is 2.76. The molecule has 21 heavy (non-hydrogen) atoms. The van der Waals surface area contributed by atoms with E-state index in [2.05, 4.69) is 30.7 Å². The van der Waals surface area contributed by atoms with Crippen molar-refractivity contribution in [1.29, 1.82) is 0 Å². The number of nitro groups is 1. The summed E-state index contributed by atoms with van der Waals surface area (Å²) in [4.78, 5) is 18.5. The van der Waals surface area contributed by atoms with E-state index in [9.17, 15) is 10.1 Å². The van der Waals surface area contributed by atoms with Crippen molar-refractivity contribution in [2.75, 3.05) is 5.43 Å². The second kappa shape index (κ2) is 5.33. The maximum atomic E-state index is 10.9. The molecule has 0 spiro atoms. The predicted molar refractivity (Wildman–Crippen MR) is 76.0 cm³/mol. The standard InChI is InChI=1S/C12H9N7O2/c20-19(21)10-4-2-1-3-8(10)5-15-17-11-9-6-16-18-12(9)14-7-13-11/h1-7H,(H2,13,14,16,17,18)/b15-5+. The van der Waals surface area contributed by atoms with Crippen molar-refractivity contribution in [3.8, 4) is 0 Å². The van der Waals surface area contributed by atoms with Crippen molar-refractivity contribution in [2.45, 2.75) is 0 Å². The van der Waals surface area contributed by atoms with Crippen molar-refractivity contribution in [2.24, 2.45) is 5.10 Å². The molecule has 0 amide bonds. The normalized spacial score (nSPS) is 11.0. The number of nitro benzene ring substituents is 1. The Balaban J connectivity index is 1.85. The summed E-state index contributed by atoms with van der Waals surface area (Å²) < 4.78 is 0. The number of H-pyrrole nitrogens is 1. The van der Waals surface area contributed by atoms with Gasteiger partial charge in [-0.1, -0.05) is 12.1 Å². The van der Waals surface area contributed by atoms with Gasteiger partial charge in [-0.25, -0.2) is 9.97 Å². The maximum Gasteiger partial charge on any atom is 0.278 e. The molecule has 1 aromatic carbocycles. The van der Waals surface area contributed by atoms with E-state index in [0.29, 0.717) is 22.4 Å². The van der Waals surface area contributed by atoms with Crippen molar-refractivity contribution in [3.63, 3.8) is 0 Å². The molecule has 0 saturated carbocycles. The lowest BCUT2D eigenvalue weighted by Crippen LogP contribution is -1.97. The first-order valence-corrected chi connectivity index (χ1v) is 5.92. The van der Waals surface area contributed by atoms with Crippen molar-refractivity contribution in [3.05, 3.63) is 52.5 Å². The van der Waals surface area contributed by atoms with Gasteiger partial charge in [0.1, 0.15) is 6.33 Å². The molecule has 0 atom stereocenters. The van der Waals surface area contributed by atoms with E-state index in [4.69, 9.17) is 0 Å². The zero-order valence-electron chi connectivity index (χ0n) is 10.6. The van der Waals surface area contributed by atoms with Crippen LogP contribution in [0.2, 0.25) is 0 Å². The summed E-state index contributed by atoms with van der Waals surface area (Å²) >= 11 is 0. The third kappa shape index (κ3) is 2.52. The highest BCUT2D eigenvalue weighted by Crippen LogP contribution is 2.17. The highest BCUT2D eigenvalue weighted by atomic mass is 16.6. The van der Waals surface area contributed by atoms with Crippen LogP contribution in [-0.2, 0) is 0 Å². The van der Waals surface area contributed by atoms with E-state index >= 15 is 0 Å². The Bertz CT molecular complexity index is 827. The number of fused-ring (bicyclic) bond motifs is 1. The van der Waals surface area contributed by atoms with Crippen LogP contribution in [0.5, 0.6) is 0 Å². The molecule has 9 nitrogen and oxygen atoms in total. The smallest absolute Gasteiger partial charge is 0.261 e. The highest BCUT2D eigenvalue weighted by Gasteiger charge is 2.10. The Kier molecular flexibility index (Phi) is 3.21. The van der Waals surface area contributed by atoms with Gasteiger partial charge in [-0.3, -0.25) is 20.6 Å². The number of rotatable bonds is 4. The Morgan fingerprint density at radius 1 is 1.33 bits per heavy atom. The third-order valence-corrected chi connectivity index (χ3v) is 2.76. The summed E-state index contributed by atoms with van der Waals surface area (Å²) in [5.74, 6) is 0.462. The summed E-state index contributed by atoms with van der Waals surface area (Å²) in [5, 5.41) is 22.1. The van der Waals surface area contributed by atoms with Crippen LogP contribution in [0.3, 0.4) is 0 Å². The number of hydrogen-bond donors (Lipinski definition) is 2. The van der Waals surface area contributed by atoms with Gasteiger partial charge in [0.05, 0.1) is 28.3 Å². The topological polar surface area (TPSA) is 122 Å². The molecule has 0 aliphatic rings. The predicted octanol–water partition coefficient (Wildman–Crippen LogP) is 1.71. The van der Waals surface area contributed by atoms with E-state index in [-0.39, 0.29) is 5.69 Å². The van der Waals surface area contributed by atoms with Crippen LogP contribution < -0.4 is 5.43 Å². The van der Waals surface area contributed by atoms with Gasteiger partial charge in [0.2, 0.25) is 0 Å². The number of benzene rings is 1. The number of hydrogen-bond acceptors (Lipinski definition) is 7. The van der Waals surface area contributed by atoms with Gasteiger partial charge in [-0.2, -0.15) is 10.2 Å². The molecule has 3 aromatic rings. The van der Waals surface area contributed by atoms with Gasteiger partial charge in [0, 0.05) is 6.07 Å². The molecular weight excluding hydrogens is 274 g/mol. The lowest BCUT2D eigenvalue weighted by Gasteiger charge is -2.00. The van der Waals surface area contributed by atoms with Crippen LogP contribution in [0, 0.1) is 10.1 Å². The van der Waals surface area contributed by atoms with E-state index in [0.717, 1.165) is 0 Å². The molecule has 0 aliphatic heterocycles. The average Bonchev–Trinajstić information content (AvgIpc) is 2.97. The molecule has 9 heteroatoms. The van der Waals surface area contributed by atoms with E-state index in [1.165, 1.54) is 18.6 Å². The lowest BCUT2D eigenvalue weighted by molar-refractivity contribution is -0.385. The van der Waals surface area contributed by atoms with Crippen molar-refractivity contribution < 1.29 is 4.92 Å². The Labute approximate surface area is 117 Å². The first-order valence-electron chi connectivity index (χ1n) is 5.92. The maximum absolute atomic E-state index is 10.9. The molecule has 3 rings (SSSR count). The van der Waals surface area contributed by atoms with E-state index < -0.39 is 4.92 Å². The monoisotopic (exact) mass is 283 g/mol. The van der Waals surface area contributed by atoms with Gasteiger partial charge >= 0.3 is 0 Å². The first-order chi connectivity index (χ1) is 10.3. The Hall–Kier alpha value is -3.36. The van der Waals surface area contributed by atoms with Gasteiger partial charge in [-0.15, -0.1) is 0 Å².